The van der Waals surface area contributed by atoms with E-state index in [1.165, 1.54) is 0 Å². The van der Waals surface area contributed by atoms with Gasteiger partial charge in [-0.15, -0.1) is 0 Å². The Morgan fingerprint density at radius 1 is 1.40 bits per heavy atom. The van der Waals surface area contributed by atoms with Gasteiger partial charge in [-0.2, -0.15) is 0 Å². The molecule has 0 bridgehead atoms. The summed E-state index contributed by atoms with van der Waals surface area (Å²) >= 11 is 0. The molecule has 0 aliphatic carbocycles. The molecule has 15 heavy (non-hydrogen) atoms. The third kappa shape index (κ3) is 3.93. The second-order valence-electron chi connectivity index (χ2n) is 3.20. The van der Waals surface area contributed by atoms with Gasteiger partial charge in [0.15, 0.2) is 0 Å². The molecule has 0 aliphatic heterocycles. The molecule has 0 fully saturated rings. The van der Waals surface area contributed by atoms with Crippen molar-refractivity contribution in [3.05, 3.63) is 17.5 Å². The molecule has 5 nitrogen and oxygen atoms in total. The Labute approximate surface area is 88.9 Å². The third-order valence-electron chi connectivity index (χ3n) is 1.80. The number of hydrogen-bond acceptors (Lipinski definition) is 4. The van der Waals surface area contributed by atoms with Gasteiger partial charge in [0.1, 0.15) is 6.61 Å². The molecule has 0 aromatic carbocycles. The van der Waals surface area contributed by atoms with Crippen LogP contribution in [0.1, 0.15) is 17.8 Å². The van der Waals surface area contributed by atoms with E-state index in [1.54, 1.807) is 7.05 Å². The number of nitrogens with zero attached hydrogens (tertiary/aromatic N) is 2. The van der Waals surface area contributed by atoms with Crippen molar-refractivity contribution in [2.45, 2.75) is 20.3 Å². The van der Waals surface area contributed by atoms with Crippen LogP contribution in [0.2, 0.25) is 0 Å². The van der Waals surface area contributed by atoms with Gasteiger partial charge in [-0.05, 0) is 19.9 Å². The summed E-state index contributed by atoms with van der Waals surface area (Å²) in [4.78, 5) is 19.1. The van der Waals surface area contributed by atoms with E-state index >= 15 is 0 Å². The second-order valence-corrected chi connectivity index (χ2v) is 3.20. The quantitative estimate of drug-likeness (QED) is 0.789. The van der Waals surface area contributed by atoms with Crippen LogP contribution in [-0.2, 0) is 4.79 Å². The van der Waals surface area contributed by atoms with Gasteiger partial charge in [0.25, 0.3) is 0 Å². The fraction of sp³-hybridized carbons (Fsp3) is 0.500. The Morgan fingerprint density at radius 2 is 2.00 bits per heavy atom. The summed E-state index contributed by atoms with van der Waals surface area (Å²) in [5.74, 6) is -0.0561. The predicted molar refractivity (Wildman–Crippen MR) is 55.7 cm³/mol. The first-order chi connectivity index (χ1) is 7.11. The average molecular weight is 209 g/mol. The van der Waals surface area contributed by atoms with E-state index < -0.39 is 0 Å². The Morgan fingerprint density at radius 3 is 2.53 bits per heavy atom. The Balaban J connectivity index is 2.47. The maximum atomic E-state index is 10.9. The third-order valence-corrected chi connectivity index (χ3v) is 1.80. The molecule has 82 valence electrons. The van der Waals surface area contributed by atoms with Crippen molar-refractivity contribution in [2.75, 3.05) is 13.7 Å². The van der Waals surface area contributed by atoms with E-state index in [1.807, 2.05) is 19.9 Å². The van der Waals surface area contributed by atoms with Crippen LogP contribution in [0.25, 0.3) is 0 Å². The largest absolute Gasteiger partial charge is 0.463 e. The fourth-order valence-electron chi connectivity index (χ4n) is 1.12. The summed E-state index contributed by atoms with van der Waals surface area (Å²) in [6.07, 6.45) is 0.312. The molecule has 0 atom stereocenters. The van der Waals surface area contributed by atoms with E-state index in [0.717, 1.165) is 11.4 Å². The number of carbonyl (C=O) groups excluding carboxylic acids is 1. The lowest BCUT2D eigenvalue weighted by Gasteiger charge is -2.05. The number of hydrogen-bond donors (Lipinski definition) is 1. The lowest BCUT2D eigenvalue weighted by atomic mass is 10.4. The molecule has 5 heteroatoms. The summed E-state index contributed by atoms with van der Waals surface area (Å²) in [6, 6.07) is 2.20. The average Bonchev–Trinajstić information content (AvgIpc) is 2.16. The number of rotatable bonds is 4. The highest BCUT2D eigenvalue weighted by Crippen LogP contribution is 2.05. The van der Waals surface area contributed by atoms with Crippen molar-refractivity contribution in [2.24, 2.45) is 0 Å². The number of aromatic nitrogens is 2. The molecular formula is C10H15N3O2. The van der Waals surface area contributed by atoms with Crippen LogP contribution in [0.3, 0.4) is 0 Å². The van der Waals surface area contributed by atoms with Gasteiger partial charge in [-0.3, -0.25) is 4.79 Å². The SMILES string of the molecule is CNC(=O)CCOc1nc(C)cc(C)n1. The number of amides is 1. The first-order valence-electron chi connectivity index (χ1n) is 4.77. The van der Waals surface area contributed by atoms with Crippen LogP contribution >= 0.6 is 0 Å². The van der Waals surface area contributed by atoms with E-state index in [9.17, 15) is 4.79 Å². The lowest BCUT2D eigenvalue weighted by molar-refractivity contribution is -0.121. The van der Waals surface area contributed by atoms with Crippen molar-refractivity contribution in [1.29, 1.82) is 0 Å². The maximum Gasteiger partial charge on any atom is 0.316 e. The highest BCUT2D eigenvalue weighted by Gasteiger charge is 2.02. The minimum absolute atomic E-state index is 0.0561. The summed E-state index contributed by atoms with van der Waals surface area (Å²) in [5, 5.41) is 2.51. The Hall–Kier alpha value is -1.65. The second kappa shape index (κ2) is 5.29. The molecule has 1 aromatic heterocycles. The van der Waals surface area contributed by atoms with E-state index in [2.05, 4.69) is 15.3 Å². The Bertz CT molecular complexity index is 332. The van der Waals surface area contributed by atoms with Crippen LogP contribution in [-0.4, -0.2) is 29.5 Å². The minimum Gasteiger partial charge on any atom is -0.463 e. The standard InChI is InChI=1S/C10H15N3O2/c1-7-6-8(2)13-10(12-7)15-5-4-9(14)11-3/h6H,4-5H2,1-3H3,(H,11,14). The molecule has 0 spiro atoms. The summed E-state index contributed by atoms with van der Waals surface area (Å²) in [5.41, 5.74) is 1.72. The first-order valence-corrected chi connectivity index (χ1v) is 4.77. The van der Waals surface area contributed by atoms with Gasteiger partial charge < -0.3 is 10.1 Å². The van der Waals surface area contributed by atoms with Crippen LogP contribution < -0.4 is 10.1 Å². The van der Waals surface area contributed by atoms with E-state index in [-0.39, 0.29) is 5.91 Å². The molecule has 0 aliphatic rings. The molecule has 1 heterocycles. The van der Waals surface area contributed by atoms with Crippen molar-refractivity contribution in [3.63, 3.8) is 0 Å². The van der Waals surface area contributed by atoms with Crippen molar-refractivity contribution in [1.82, 2.24) is 15.3 Å². The Kier molecular flexibility index (Phi) is 4.03. The van der Waals surface area contributed by atoms with Crippen LogP contribution in [0, 0.1) is 13.8 Å². The van der Waals surface area contributed by atoms with Crippen LogP contribution in [0.4, 0.5) is 0 Å². The normalized spacial score (nSPS) is 9.80. The predicted octanol–water partition coefficient (Wildman–Crippen LogP) is 0.608. The number of carbonyl (C=O) groups is 1. The van der Waals surface area contributed by atoms with Crippen molar-refractivity contribution < 1.29 is 9.53 Å². The molecule has 0 radical (unpaired) electrons. The number of nitrogens with one attached hydrogen (secondary N) is 1. The van der Waals surface area contributed by atoms with Crippen LogP contribution in [0.15, 0.2) is 6.07 Å². The fourth-order valence-corrected chi connectivity index (χ4v) is 1.12. The zero-order valence-corrected chi connectivity index (χ0v) is 9.20. The van der Waals surface area contributed by atoms with Crippen molar-refractivity contribution >= 4 is 5.91 Å². The number of ether oxygens (including phenoxy) is 1. The minimum atomic E-state index is -0.0561. The molecule has 1 amide bonds. The zero-order chi connectivity index (χ0) is 11.3. The van der Waals surface area contributed by atoms with E-state index in [4.69, 9.17) is 4.74 Å². The molecule has 1 aromatic rings. The number of aryl methyl sites for hydroxylation is 2. The topological polar surface area (TPSA) is 64.1 Å². The lowest BCUT2D eigenvalue weighted by Crippen LogP contribution is -2.20. The van der Waals surface area contributed by atoms with Crippen molar-refractivity contribution in [3.8, 4) is 6.01 Å². The summed E-state index contributed by atoms with van der Waals surface area (Å²) in [6.45, 7) is 4.04. The first kappa shape index (κ1) is 11.4. The summed E-state index contributed by atoms with van der Waals surface area (Å²) in [7, 11) is 1.59. The van der Waals surface area contributed by atoms with Gasteiger partial charge >= 0.3 is 6.01 Å². The molecule has 0 saturated carbocycles. The maximum absolute atomic E-state index is 10.9. The molecular weight excluding hydrogens is 194 g/mol. The van der Waals surface area contributed by atoms with Gasteiger partial charge in [-0.1, -0.05) is 0 Å². The van der Waals surface area contributed by atoms with Crippen LogP contribution in [0.5, 0.6) is 6.01 Å². The smallest absolute Gasteiger partial charge is 0.316 e. The van der Waals surface area contributed by atoms with Gasteiger partial charge in [0.05, 0.1) is 6.42 Å². The van der Waals surface area contributed by atoms with E-state index in [0.29, 0.717) is 19.0 Å². The van der Waals surface area contributed by atoms with Gasteiger partial charge in [0, 0.05) is 18.4 Å². The van der Waals surface area contributed by atoms with Gasteiger partial charge in [0.2, 0.25) is 5.91 Å². The zero-order valence-electron chi connectivity index (χ0n) is 9.20. The molecule has 1 N–H and O–H groups in total. The highest BCUT2D eigenvalue weighted by atomic mass is 16.5. The monoisotopic (exact) mass is 209 g/mol. The molecule has 1 rings (SSSR count). The summed E-state index contributed by atoms with van der Waals surface area (Å²) < 4.78 is 5.26. The molecule has 0 unspecified atom stereocenters. The van der Waals surface area contributed by atoms with Gasteiger partial charge in [-0.25, -0.2) is 9.97 Å². The molecule has 0 saturated heterocycles. The highest BCUT2D eigenvalue weighted by molar-refractivity contribution is 5.75.